The van der Waals surface area contributed by atoms with Crippen LogP contribution in [0.15, 0.2) is 12.3 Å². The number of methoxy groups -OCH3 is 1. The Morgan fingerprint density at radius 1 is 1.56 bits per heavy atom. The number of nitrogens with zero attached hydrogens (tertiary/aromatic N) is 2. The molecule has 1 aromatic rings. The molecular weight excluding hydrogens is 202 g/mol. The fourth-order valence-electron chi connectivity index (χ4n) is 1.51. The molecule has 4 nitrogen and oxygen atoms in total. The van der Waals surface area contributed by atoms with Gasteiger partial charge in [-0.3, -0.25) is 0 Å². The van der Waals surface area contributed by atoms with Crippen LogP contribution in [0, 0.1) is 18.3 Å². The summed E-state index contributed by atoms with van der Waals surface area (Å²) in [5.41, 5.74) is 1.26. The number of hydrogen-bond acceptors (Lipinski definition) is 4. The molecule has 0 radical (unpaired) electrons. The van der Waals surface area contributed by atoms with Crippen LogP contribution in [-0.2, 0) is 4.74 Å². The van der Waals surface area contributed by atoms with Crippen LogP contribution in [0.4, 0.5) is 5.82 Å². The topological polar surface area (TPSA) is 57.9 Å². The van der Waals surface area contributed by atoms with Crippen LogP contribution in [0.5, 0.6) is 0 Å². The largest absolute Gasteiger partial charge is 0.382 e. The SMILES string of the molecule is COCC(C)(C)Nc1nccc(C)c1C#N. The average molecular weight is 219 g/mol. The first-order valence-electron chi connectivity index (χ1n) is 5.13. The molecule has 0 aliphatic rings. The van der Waals surface area contributed by atoms with E-state index >= 15 is 0 Å². The van der Waals surface area contributed by atoms with E-state index in [4.69, 9.17) is 10.00 Å². The van der Waals surface area contributed by atoms with Gasteiger partial charge in [0.05, 0.1) is 17.7 Å². The maximum absolute atomic E-state index is 9.06. The monoisotopic (exact) mass is 219 g/mol. The number of pyridine rings is 1. The number of nitrogens with one attached hydrogen (secondary N) is 1. The minimum atomic E-state index is -0.249. The standard InChI is InChI=1S/C12H17N3O/c1-9-5-6-14-11(10(9)7-13)15-12(2,3)8-16-4/h5-6H,8H2,1-4H3,(H,14,15). The Bertz CT molecular complexity index is 407. The Labute approximate surface area is 96.3 Å². The molecule has 1 aromatic heterocycles. The summed E-state index contributed by atoms with van der Waals surface area (Å²) in [7, 11) is 1.65. The van der Waals surface area contributed by atoms with Crippen molar-refractivity contribution in [2.24, 2.45) is 0 Å². The molecule has 0 atom stereocenters. The van der Waals surface area contributed by atoms with Crippen molar-refractivity contribution in [3.63, 3.8) is 0 Å². The lowest BCUT2D eigenvalue weighted by molar-refractivity contribution is 0.158. The van der Waals surface area contributed by atoms with E-state index in [9.17, 15) is 0 Å². The summed E-state index contributed by atoms with van der Waals surface area (Å²) >= 11 is 0. The number of ether oxygens (including phenoxy) is 1. The molecule has 1 heterocycles. The van der Waals surface area contributed by atoms with Gasteiger partial charge in [-0.05, 0) is 32.4 Å². The predicted octanol–water partition coefficient (Wildman–Crippen LogP) is 2.10. The van der Waals surface area contributed by atoms with E-state index in [1.807, 2.05) is 26.8 Å². The number of hydrogen-bond donors (Lipinski definition) is 1. The number of rotatable bonds is 4. The Kier molecular flexibility index (Phi) is 3.86. The number of aryl methyl sites for hydroxylation is 1. The molecule has 86 valence electrons. The molecule has 16 heavy (non-hydrogen) atoms. The first-order chi connectivity index (χ1) is 7.50. The number of nitriles is 1. The zero-order chi connectivity index (χ0) is 12.2. The molecule has 0 aliphatic heterocycles. The molecule has 0 saturated carbocycles. The van der Waals surface area contributed by atoms with Crippen LogP contribution in [0.25, 0.3) is 0 Å². The van der Waals surface area contributed by atoms with Crippen molar-refractivity contribution in [1.29, 1.82) is 5.26 Å². The normalized spacial score (nSPS) is 10.9. The van der Waals surface area contributed by atoms with Crippen LogP contribution in [0.2, 0.25) is 0 Å². The molecule has 0 spiro atoms. The molecule has 0 bridgehead atoms. The Morgan fingerprint density at radius 3 is 2.81 bits per heavy atom. The van der Waals surface area contributed by atoms with Gasteiger partial charge in [0.2, 0.25) is 0 Å². The highest BCUT2D eigenvalue weighted by Gasteiger charge is 2.19. The molecule has 1 N–H and O–H groups in total. The Balaban J connectivity index is 2.98. The van der Waals surface area contributed by atoms with Gasteiger partial charge in [0.1, 0.15) is 11.9 Å². The fourth-order valence-corrected chi connectivity index (χ4v) is 1.51. The van der Waals surface area contributed by atoms with Crippen molar-refractivity contribution in [3.05, 3.63) is 23.4 Å². The van der Waals surface area contributed by atoms with Crippen molar-refractivity contribution in [2.75, 3.05) is 19.0 Å². The summed E-state index contributed by atoms with van der Waals surface area (Å²) in [6.45, 7) is 6.45. The van der Waals surface area contributed by atoms with Crippen molar-refractivity contribution in [3.8, 4) is 6.07 Å². The summed E-state index contributed by atoms with van der Waals surface area (Å²) in [6, 6.07) is 3.99. The highest BCUT2D eigenvalue weighted by molar-refractivity contribution is 5.56. The highest BCUT2D eigenvalue weighted by atomic mass is 16.5. The summed E-state index contributed by atoms with van der Waals surface area (Å²) in [5.74, 6) is 0.615. The fraction of sp³-hybridized carbons (Fsp3) is 0.500. The Hall–Kier alpha value is -1.60. The van der Waals surface area contributed by atoms with Crippen molar-refractivity contribution >= 4 is 5.82 Å². The van der Waals surface area contributed by atoms with Gasteiger partial charge in [0.15, 0.2) is 0 Å². The van der Waals surface area contributed by atoms with Gasteiger partial charge in [-0.2, -0.15) is 5.26 Å². The van der Waals surface area contributed by atoms with Crippen molar-refractivity contribution < 1.29 is 4.74 Å². The van der Waals surface area contributed by atoms with E-state index in [0.717, 1.165) is 5.56 Å². The first-order valence-corrected chi connectivity index (χ1v) is 5.13. The third kappa shape index (κ3) is 2.94. The quantitative estimate of drug-likeness (QED) is 0.842. The first kappa shape index (κ1) is 12.5. The molecule has 0 aliphatic carbocycles. The predicted molar refractivity (Wildman–Crippen MR) is 63.3 cm³/mol. The van der Waals surface area contributed by atoms with Gasteiger partial charge in [-0.15, -0.1) is 0 Å². The maximum Gasteiger partial charge on any atom is 0.144 e. The molecular formula is C12H17N3O. The number of anilines is 1. The summed E-state index contributed by atoms with van der Waals surface area (Å²) < 4.78 is 5.11. The van der Waals surface area contributed by atoms with Crippen LogP contribution >= 0.6 is 0 Å². The zero-order valence-corrected chi connectivity index (χ0v) is 10.2. The minimum Gasteiger partial charge on any atom is -0.382 e. The molecule has 0 aromatic carbocycles. The van der Waals surface area contributed by atoms with Gasteiger partial charge in [-0.25, -0.2) is 4.98 Å². The minimum absolute atomic E-state index is 0.249. The van der Waals surface area contributed by atoms with Crippen LogP contribution < -0.4 is 5.32 Å². The lowest BCUT2D eigenvalue weighted by Crippen LogP contribution is -2.36. The van der Waals surface area contributed by atoms with Gasteiger partial charge >= 0.3 is 0 Å². The smallest absolute Gasteiger partial charge is 0.144 e. The van der Waals surface area contributed by atoms with Crippen molar-refractivity contribution in [1.82, 2.24) is 4.98 Å². The Morgan fingerprint density at radius 2 is 2.25 bits per heavy atom. The lowest BCUT2D eigenvalue weighted by atomic mass is 10.1. The van der Waals surface area contributed by atoms with Gasteiger partial charge in [0.25, 0.3) is 0 Å². The van der Waals surface area contributed by atoms with E-state index in [-0.39, 0.29) is 5.54 Å². The van der Waals surface area contributed by atoms with Crippen LogP contribution in [0.1, 0.15) is 25.0 Å². The van der Waals surface area contributed by atoms with Gasteiger partial charge in [0, 0.05) is 13.3 Å². The summed E-state index contributed by atoms with van der Waals surface area (Å²) in [4.78, 5) is 4.19. The molecule has 0 saturated heterocycles. The lowest BCUT2D eigenvalue weighted by Gasteiger charge is -2.26. The van der Waals surface area contributed by atoms with E-state index in [0.29, 0.717) is 18.0 Å². The third-order valence-electron chi connectivity index (χ3n) is 2.23. The molecule has 4 heteroatoms. The van der Waals surface area contributed by atoms with Crippen LogP contribution in [-0.4, -0.2) is 24.2 Å². The summed E-state index contributed by atoms with van der Waals surface area (Å²) in [6.07, 6.45) is 1.70. The van der Waals surface area contributed by atoms with Gasteiger partial charge in [-0.1, -0.05) is 0 Å². The zero-order valence-electron chi connectivity index (χ0n) is 10.2. The number of aromatic nitrogens is 1. The third-order valence-corrected chi connectivity index (χ3v) is 2.23. The van der Waals surface area contributed by atoms with E-state index < -0.39 is 0 Å². The van der Waals surface area contributed by atoms with E-state index in [1.54, 1.807) is 13.3 Å². The second-order valence-electron chi connectivity index (χ2n) is 4.41. The molecule has 1 rings (SSSR count). The second kappa shape index (κ2) is 4.95. The van der Waals surface area contributed by atoms with Crippen LogP contribution in [0.3, 0.4) is 0 Å². The van der Waals surface area contributed by atoms with Gasteiger partial charge < -0.3 is 10.1 Å². The molecule has 0 fully saturated rings. The van der Waals surface area contributed by atoms with E-state index in [2.05, 4.69) is 16.4 Å². The highest BCUT2D eigenvalue weighted by Crippen LogP contribution is 2.19. The maximum atomic E-state index is 9.06. The van der Waals surface area contributed by atoms with E-state index in [1.165, 1.54) is 0 Å². The second-order valence-corrected chi connectivity index (χ2v) is 4.41. The van der Waals surface area contributed by atoms with Crippen molar-refractivity contribution in [2.45, 2.75) is 26.3 Å². The molecule has 0 unspecified atom stereocenters. The average Bonchev–Trinajstić information content (AvgIpc) is 2.17. The summed E-state index contributed by atoms with van der Waals surface area (Å²) in [5, 5.41) is 12.3. The molecule has 0 amide bonds.